The Morgan fingerprint density at radius 3 is 2.39 bits per heavy atom. The summed E-state index contributed by atoms with van der Waals surface area (Å²) in [5.41, 5.74) is 0.126. The van der Waals surface area contributed by atoms with Gasteiger partial charge >= 0.3 is 6.18 Å². The summed E-state index contributed by atoms with van der Waals surface area (Å²) in [5.74, 6) is -0.0474. The highest BCUT2D eigenvalue weighted by Crippen LogP contribution is 2.32. The van der Waals surface area contributed by atoms with Gasteiger partial charge in [0.25, 0.3) is 15.6 Å². The van der Waals surface area contributed by atoms with E-state index in [0.29, 0.717) is 28.9 Å². The fourth-order valence-electron chi connectivity index (χ4n) is 3.08. The zero-order valence-electron chi connectivity index (χ0n) is 16.9. The summed E-state index contributed by atoms with van der Waals surface area (Å²) >= 11 is 0. The average Bonchev–Trinajstić information content (AvgIpc) is 2.78. The van der Waals surface area contributed by atoms with E-state index >= 15 is 0 Å². The molecule has 8 nitrogen and oxygen atoms in total. The Morgan fingerprint density at radius 2 is 1.73 bits per heavy atom. The second kappa shape index (κ2) is 8.20. The minimum absolute atomic E-state index is 0.0338. The van der Waals surface area contributed by atoms with E-state index in [2.05, 4.69) is 14.7 Å². The van der Waals surface area contributed by atoms with Crippen molar-refractivity contribution in [3.05, 3.63) is 83.0 Å². The van der Waals surface area contributed by atoms with Gasteiger partial charge in [0.2, 0.25) is 5.88 Å². The summed E-state index contributed by atoms with van der Waals surface area (Å²) in [6, 6.07) is 9.12. The second-order valence-corrected chi connectivity index (χ2v) is 8.52. The predicted molar refractivity (Wildman–Crippen MR) is 113 cm³/mol. The molecule has 0 bridgehead atoms. The fraction of sp³-hybridized carbons (Fsp3) is 0.0952. The second-order valence-electron chi connectivity index (χ2n) is 6.84. The number of aromatic nitrogens is 3. The SMILES string of the molecule is COc1ncc(-c2ccc3nccc(=O)n3c2)cc1NS(=O)(=O)c1ccc(C(F)(F)F)cc1. The third-order valence-corrected chi connectivity index (χ3v) is 6.08. The zero-order valence-corrected chi connectivity index (χ0v) is 17.7. The van der Waals surface area contributed by atoms with Crippen molar-refractivity contribution in [1.82, 2.24) is 14.4 Å². The highest BCUT2D eigenvalue weighted by molar-refractivity contribution is 7.92. The molecule has 0 spiro atoms. The van der Waals surface area contributed by atoms with Gasteiger partial charge in [0, 0.05) is 35.8 Å². The van der Waals surface area contributed by atoms with Crippen LogP contribution in [0.3, 0.4) is 0 Å². The lowest BCUT2D eigenvalue weighted by Crippen LogP contribution is -2.15. The number of alkyl halides is 3. The first-order valence-electron chi connectivity index (χ1n) is 9.30. The number of nitrogens with zero attached hydrogens (tertiary/aromatic N) is 3. The molecule has 0 saturated carbocycles. The molecule has 1 aromatic carbocycles. The molecule has 3 aromatic heterocycles. The van der Waals surface area contributed by atoms with Gasteiger partial charge < -0.3 is 4.74 Å². The van der Waals surface area contributed by atoms with Crippen LogP contribution < -0.4 is 15.0 Å². The minimum atomic E-state index is -4.59. The van der Waals surface area contributed by atoms with Gasteiger partial charge in [-0.25, -0.2) is 18.4 Å². The van der Waals surface area contributed by atoms with Crippen LogP contribution in [0.1, 0.15) is 5.56 Å². The number of pyridine rings is 2. The van der Waals surface area contributed by atoms with Gasteiger partial charge in [0.05, 0.1) is 17.6 Å². The first-order chi connectivity index (χ1) is 15.6. The topological polar surface area (TPSA) is 103 Å². The molecule has 0 amide bonds. The molecule has 170 valence electrons. The van der Waals surface area contributed by atoms with Gasteiger partial charge in [-0.2, -0.15) is 13.2 Å². The number of halogens is 3. The number of fused-ring (bicyclic) bond motifs is 1. The number of rotatable bonds is 5. The molecule has 0 atom stereocenters. The predicted octanol–water partition coefficient (Wildman–Crippen LogP) is 3.58. The maximum Gasteiger partial charge on any atom is 0.416 e. The molecule has 4 rings (SSSR count). The molecular formula is C21H15F3N4O4S. The highest BCUT2D eigenvalue weighted by atomic mass is 32.2. The van der Waals surface area contributed by atoms with Crippen LogP contribution in [-0.2, 0) is 16.2 Å². The molecule has 1 N–H and O–H groups in total. The summed E-state index contributed by atoms with van der Waals surface area (Å²) in [5, 5.41) is 0. The summed E-state index contributed by atoms with van der Waals surface area (Å²) in [4.78, 5) is 19.9. The van der Waals surface area contributed by atoms with E-state index in [0.717, 1.165) is 12.1 Å². The van der Waals surface area contributed by atoms with E-state index in [1.165, 1.54) is 42.2 Å². The lowest BCUT2D eigenvalue weighted by Gasteiger charge is -2.13. The van der Waals surface area contributed by atoms with Gasteiger partial charge in [0.15, 0.2) is 0 Å². The van der Waals surface area contributed by atoms with Gasteiger partial charge in [-0.15, -0.1) is 0 Å². The molecule has 0 aliphatic rings. The van der Waals surface area contributed by atoms with E-state index in [9.17, 15) is 26.4 Å². The Balaban J connectivity index is 1.72. The first kappa shape index (κ1) is 22.3. The summed E-state index contributed by atoms with van der Waals surface area (Å²) in [7, 11) is -2.96. The molecule has 3 heterocycles. The van der Waals surface area contributed by atoms with Crippen molar-refractivity contribution in [2.24, 2.45) is 0 Å². The summed E-state index contributed by atoms with van der Waals surface area (Å²) in [6.07, 6.45) is -0.241. The van der Waals surface area contributed by atoms with Crippen LogP contribution in [0, 0.1) is 0 Å². The number of anilines is 1. The summed E-state index contributed by atoms with van der Waals surface area (Å²) in [6.45, 7) is 0. The van der Waals surface area contributed by atoms with E-state index in [4.69, 9.17) is 4.74 Å². The summed E-state index contributed by atoms with van der Waals surface area (Å²) < 4.78 is 72.6. The quantitative estimate of drug-likeness (QED) is 0.472. The molecule has 0 radical (unpaired) electrons. The van der Waals surface area contributed by atoms with Gasteiger partial charge in [-0.1, -0.05) is 0 Å². The normalized spacial score (nSPS) is 12.0. The van der Waals surface area contributed by atoms with Crippen LogP contribution in [0.5, 0.6) is 5.88 Å². The van der Waals surface area contributed by atoms with Gasteiger partial charge in [-0.05, 0) is 42.5 Å². The maximum atomic E-state index is 12.8. The third kappa shape index (κ3) is 4.51. The number of benzene rings is 1. The van der Waals surface area contributed by atoms with Crippen LogP contribution >= 0.6 is 0 Å². The van der Waals surface area contributed by atoms with Crippen molar-refractivity contribution < 1.29 is 26.3 Å². The Labute approximate surface area is 185 Å². The molecule has 4 aromatic rings. The van der Waals surface area contributed by atoms with Crippen molar-refractivity contribution in [1.29, 1.82) is 0 Å². The Hall–Kier alpha value is -3.93. The maximum absolute atomic E-state index is 12.8. The molecule has 0 fully saturated rings. The van der Waals surface area contributed by atoms with E-state index in [1.807, 2.05) is 0 Å². The number of sulfonamides is 1. The minimum Gasteiger partial charge on any atom is -0.480 e. The van der Waals surface area contributed by atoms with Crippen LogP contribution in [-0.4, -0.2) is 29.9 Å². The number of hydrogen-bond donors (Lipinski definition) is 1. The molecule has 0 aliphatic carbocycles. The van der Waals surface area contributed by atoms with Crippen molar-refractivity contribution in [2.75, 3.05) is 11.8 Å². The van der Waals surface area contributed by atoms with Crippen molar-refractivity contribution in [3.63, 3.8) is 0 Å². The molecule has 33 heavy (non-hydrogen) atoms. The van der Waals surface area contributed by atoms with Crippen LogP contribution in [0.25, 0.3) is 16.8 Å². The number of ether oxygens (including phenoxy) is 1. The third-order valence-electron chi connectivity index (χ3n) is 4.70. The molecular weight excluding hydrogens is 461 g/mol. The fourth-order valence-corrected chi connectivity index (χ4v) is 4.12. The van der Waals surface area contributed by atoms with Crippen LogP contribution in [0.2, 0.25) is 0 Å². The van der Waals surface area contributed by atoms with Gasteiger partial charge in [-0.3, -0.25) is 13.9 Å². The Morgan fingerprint density at radius 1 is 1.00 bits per heavy atom. The van der Waals surface area contributed by atoms with Crippen molar-refractivity contribution >= 4 is 21.4 Å². The van der Waals surface area contributed by atoms with E-state index < -0.39 is 21.8 Å². The number of hydrogen-bond acceptors (Lipinski definition) is 6. The van der Waals surface area contributed by atoms with Crippen LogP contribution in [0.4, 0.5) is 18.9 Å². The van der Waals surface area contributed by atoms with E-state index in [1.54, 1.807) is 12.1 Å². The lowest BCUT2D eigenvalue weighted by molar-refractivity contribution is -0.137. The molecule has 0 saturated heterocycles. The van der Waals surface area contributed by atoms with Crippen molar-refractivity contribution in [2.45, 2.75) is 11.1 Å². The lowest BCUT2D eigenvalue weighted by atomic mass is 10.1. The van der Waals surface area contributed by atoms with Gasteiger partial charge in [0.1, 0.15) is 11.3 Å². The Kier molecular flexibility index (Phi) is 5.54. The number of nitrogens with one attached hydrogen (secondary N) is 1. The average molecular weight is 476 g/mol. The smallest absolute Gasteiger partial charge is 0.416 e. The molecule has 12 heteroatoms. The monoisotopic (exact) mass is 476 g/mol. The largest absolute Gasteiger partial charge is 0.480 e. The van der Waals surface area contributed by atoms with Crippen molar-refractivity contribution in [3.8, 4) is 17.0 Å². The number of methoxy groups -OCH3 is 1. The highest BCUT2D eigenvalue weighted by Gasteiger charge is 2.30. The van der Waals surface area contributed by atoms with Crippen LogP contribution in [0.15, 0.2) is 76.8 Å². The molecule has 0 unspecified atom stereocenters. The van der Waals surface area contributed by atoms with E-state index in [-0.39, 0.29) is 22.0 Å². The first-order valence-corrected chi connectivity index (χ1v) is 10.8. The molecule has 0 aliphatic heterocycles. The standard InChI is InChI=1S/C21H15F3N4O4S/c1-32-20-17(27-33(30,31)16-5-3-15(4-6-16)21(22,23)24)10-14(11-26-20)13-2-7-18-25-9-8-19(29)28(18)12-13/h2-12,27H,1H3. The zero-order chi connectivity index (χ0) is 23.8. The Bertz CT molecular complexity index is 1500.